The molecule has 6 nitrogen and oxygen atoms in total. The minimum atomic E-state index is -0.229. The molecule has 0 bridgehead atoms. The second kappa shape index (κ2) is 8.98. The van der Waals surface area contributed by atoms with Gasteiger partial charge in [0.2, 0.25) is 11.8 Å². The highest BCUT2D eigenvalue weighted by molar-refractivity contribution is 5.98. The minimum absolute atomic E-state index is 0.0790. The molecule has 2 aromatic carbocycles. The van der Waals surface area contributed by atoms with Gasteiger partial charge < -0.3 is 15.0 Å². The molecule has 0 atom stereocenters. The third-order valence-corrected chi connectivity index (χ3v) is 4.14. The van der Waals surface area contributed by atoms with E-state index in [0.29, 0.717) is 22.7 Å². The number of ketones is 1. The molecule has 142 valence electrons. The van der Waals surface area contributed by atoms with Crippen molar-refractivity contribution in [3.63, 3.8) is 0 Å². The fourth-order valence-electron chi connectivity index (χ4n) is 2.71. The van der Waals surface area contributed by atoms with E-state index in [9.17, 15) is 14.4 Å². The predicted octanol–water partition coefficient (Wildman–Crippen LogP) is 3.59. The number of carbonyl (C=O) groups is 3. The number of Topliss-reactive ketones (excluding diaryl/α,β-unsaturated/α-hetero) is 1. The topological polar surface area (TPSA) is 75.7 Å². The van der Waals surface area contributed by atoms with E-state index < -0.39 is 0 Å². The fourth-order valence-corrected chi connectivity index (χ4v) is 2.71. The number of nitrogens with one attached hydrogen (secondary N) is 1. The van der Waals surface area contributed by atoms with Gasteiger partial charge in [0.1, 0.15) is 5.75 Å². The molecule has 1 N–H and O–H groups in total. The Balaban J connectivity index is 2.09. The summed E-state index contributed by atoms with van der Waals surface area (Å²) in [6.45, 7) is 5.03. The standard InChI is InChI=1S/C21H24N2O4/c1-14-8-9-20(27-4)19(12-14)22-21(26)10-11-23(16(3)25)18-7-5-6-17(13-18)15(2)24/h5-9,12-13H,10-11H2,1-4H3,(H,22,26). The van der Waals surface area contributed by atoms with Crippen LogP contribution in [0.5, 0.6) is 5.75 Å². The van der Waals surface area contributed by atoms with Gasteiger partial charge in [-0.3, -0.25) is 14.4 Å². The smallest absolute Gasteiger partial charge is 0.226 e. The van der Waals surface area contributed by atoms with Crippen LogP contribution in [0.1, 0.15) is 36.2 Å². The van der Waals surface area contributed by atoms with Crippen molar-refractivity contribution in [2.45, 2.75) is 27.2 Å². The molecule has 6 heteroatoms. The predicted molar refractivity (Wildman–Crippen MR) is 105 cm³/mol. The summed E-state index contributed by atoms with van der Waals surface area (Å²) >= 11 is 0. The fraction of sp³-hybridized carbons (Fsp3) is 0.286. The molecule has 0 aliphatic heterocycles. The Morgan fingerprint density at radius 1 is 1.07 bits per heavy atom. The number of amides is 2. The lowest BCUT2D eigenvalue weighted by molar-refractivity contribution is -0.117. The number of carbonyl (C=O) groups excluding carboxylic acids is 3. The van der Waals surface area contributed by atoms with Crippen LogP contribution in [-0.2, 0) is 9.59 Å². The first kappa shape index (κ1) is 20.2. The second-order valence-corrected chi connectivity index (χ2v) is 6.28. The lowest BCUT2D eigenvalue weighted by Gasteiger charge is -2.21. The van der Waals surface area contributed by atoms with Crippen molar-refractivity contribution in [3.05, 3.63) is 53.6 Å². The number of aryl methyl sites for hydroxylation is 1. The van der Waals surface area contributed by atoms with Crippen LogP contribution in [0.4, 0.5) is 11.4 Å². The van der Waals surface area contributed by atoms with Gasteiger partial charge in [0.25, 0.3) is 0 Å². The highest BCUT2D eigenvalue weighted by Crippen LogP contribution is 2.25. The zero-order valence-corrected chi connectivity index (χ0v) is 16.0. The maximum atomic E-state index is 12.4. The van der Waals surface area contributed by atoms with Gasteiger partial charge in [-0.25, -0.2) is 0 Å². The number of ether oxygens (including phenoxy) is 1. The quantitative estimate of drug-likeness (QED) is 0.758. The van der Waals surface area contributed by atoms with Crippen molar-refractivity contribution in [1.29, 1.82) is 0 Å². The van der Waals surface area contributed by atoms with Crippen LogP contribution in [-0.4, -0.2) is 31.3 Å². The number of nitrogens with zero attached hydrogens (tertiary/aromatic N) is 1. The molecule has 2 aromatic rings. The summed E-state index contributed by atoms with van der Waals surface area (Å²) in [5, 5.41) is 2.82. The van der Waals surface area contributed by atoms with Crippen LogP contribution in [0.25, 0.3) is 0 Å². The number of rotatable bonds is 7. The highest BCUT2D eigenvalue weighted by Gasteiger charge is 2.15. The third-order valence-electron chi connectivity index (χ3n) is 4.14. The van der Waals surface area contributed by atoms with Crippen molar-refractivity contribution >= 4 is 29.0 Å². The molecule has 0 unspecified atom stereocenters. The van der Waals surface area contributed by atoms with Gasteiger partial charge in [0.15, 0.2) is 5.78 Å². The summed E-state index contributed by atoms with van der Waals surface area (Å²) in [4.78, 5) is 37.5. The molecule has 0 saturated heterocycles. The minimum Gasteiger partial charge on any atom is -0.495 e. The molecule has 2 rings (SSSR count). The first-order valence-electron chi connectivity index (χ1n) is 8.65. The molecule has 0 radical (unpaired) electrons. The average Bonchev–Trinajstić information content (AvgIpc) is 2.62. The SMILES string of the molecule is COc1ccc(C)cc1NC(=O)CCN(C(C)=O)c1cccc(C(C)=O)c1. The van der Waals surface area contributed by atoms with Crippen molar-refractivity contribution in [3.8, 4) is 5.75 Å². The summed E-state index contributed by atoms with van der Waals surface area (Å²) in [5.41, 5.74) is 2.71. The summed E-state index contributed by atoms with van der Waals surface area (Å²) in [6.07, 6.45) is 0.112. The number of anilines is 2. The monoisotopic (exact) mass is 368 g/mol. The van der Waals surface area contributed by atoms with E-state index in [2.05, 4.69) is 5.32 Å². The van der Waals surface area contributed by atoms with Gasteiger partial charge in [0.05, 0.1) is 12.8 Å². The van der Waals surface area contributed by atoms with Crippen LogP contribution in [0.15, 0.2) is 42.5 Å². The van der Waals surface area contributed by atoms with Crippen molar-refractivity contribution in [2.24, 2.45) is 0 Å². The molecular formula is C21H24N2O4. The first-order valence-corrected chi connectivity index (χ1v) is 8.65. The average molecular weight is 368 g/mol. The number of hydrogen-bond acceptors (Lipinski definition) is 4. The first-order chi connectivity index (χ1) is 12.8. The zero-order valence-electron chi connectivity index (χ0n) is 16.0. The number of benzene rings is 2. The lowest BCUT2D eigenvalue weighted by Crippen LogP contribution is -2.32. The number of methoxy groups -OCH3 is 1. The van der Waals surface area contributed by atoms with Crippen LogP contribution in [0, 0.1) is 6.92 Å². The summed E-state index contributed by atoms with van der Waals surface area (Å²) in [7, 11) is 1.54. The molecule has 0 aliphatic rings. The third kappa shape index (κ3) is 5.41. The van der Waals surface area contributed by atoms with Gasteiger partial charge in [-0.05, 0) is 43.7 Å². The lowest BCUT2D eigenvalue weighted by atomic mass is 10.1. The molecule has 0 fully saturated rings. The van der Waals surface area contributed by atoms with E-state index in [1.807, 2.05) is 19.1 Å². The summed E-state index contributed by atoms with van der Waals surface area (Å²) in [6, 6.07) is 12.3. The largest absolute Gasteiger partial charge is 0.495 e. The van der Waals surface area contributed by atoms with Crippen LogP contribution in [0.3, 0.4) is 0 Å². The Bertz CT molecular complexity index is 861. The van der Waals surface area contributed by atoms with E-state index >= 15 is 0 Å². The van der Waals surface area contributed by atoms with E-state index in [1.54, 1.807) is 37.4 Å². The van der Waals surface area contributed by atoms with Crippen LogP contribution >= 0.6 is 0 Å². The van der Waals surface area contributed by atoms with Crippen molar-refractivity contribution in [2.75, 3.05) is 23.9 Å². The van der Waals surface area contributed by atoms with E-state index in [0.717, 1.165) is 5.56 Å². The zero-order chi connectivity index (χ0) is 20.0. The highest BCUT2D eigenvalue weighted by atomic mass is 16.5. The molecule has 0 saturated carbocycles. The Kier molecular flexibility index (Phi) is 6.71. The van der Waals surface area contributed by atoms with Crippen molar-refractivity contribution in [1.82, 2.24) is 0 Å². The van der Waals surface area contributed by atoms with Crippen LogP contribution < -0.4 is 15.0 Å². The molecule has 0 heterocycles. The Morgan fingerprint density at radius 2 is 1.81 bits per heavy atom. The molecule has 0 spiro atoms. The Labute approximate surface area is 159 Å². The maximum Gasteiger partial charge on any atom is 0.226 e. The van der Waals surface area contributed by atoms with E-state index in [-0.39, 0.29) is 30.6 Å². The molecule has 0 aliphatic carbocycles. The van der Waals surface area contributed by atoms with Crippen LogP contribution in [0.2, 0.25) is 0 Å². The van der Waals surface area contributed by atoms with Gasteiger partial charge in [-0.15, -0.1) is 0 Å². The summed E-state index contributed by atoms with van der Waals surface area (Å²) < 4.78 is 5.26. The molecule has 2 amide bonds. The van der Waals surface area contributed by atoms with Gasteiger partial charge >= 0.3 is 0 Å². The Morgan fingerprint density at radius 3 is 2.44 bits per heavy atom. The van der Waals surface area contributed by atoms with Crippen molar-refractivity contribution < 1.29 is 19.1 Å². The van der Waals surface area contributed by atoms with Gasteiger partial charge in [-0.2, -0.15) is 0 Å². The maximum absolute atomic E-state index is 12.4. The van der Waals surface area contributed by atoms with E-state index in [4.69, 9.17) is 4.74 Å². The van der Waals surface area contributed by atoms with E-state index in [1.165, 1.54) is 18.7 Å². The van der Waals surface area contributed by atoms with Gasteiger partial charge in [0, 0.05) is 31.1 Å². The summed E-state index contributed by atoms with van der Waals surface area (Å²) in [5.74, 6) is 0.0701. The molecule has 27 heavy (non-hydrogen) atoms. The second-order valence-electron chi connectivity index (χ2n) is 6.28. The normalized spacial score (nSPS) is 10.2. The Hall–Kier alpha value is -3.15. The van der Waals surface area contributed by atoms with Gasteiger partial charge in [-0.1, -0.05) is 18.2 Å². The molecular weight excluding hydrogens is 344 g/mol. The number of hydrogen-bond donors (Lipinski definition) is 1. The molecule has 0 aromatic heterocycles.